The van der Waals surface area contributed by atoms with Crippen LogP contribution in [0.3, 0.4) is 0 Å². The first-order chi connectivity index (χ1) is 16.0. The molecule has 0 radical (unpaired) electrons. The number of methoxy groups -OCH3 is 1. The summed E-state index contributed by atoms with van der Waals surface area (Å²) >= 11 is 0. The molecule has 3 aliphatic carbocycles. The molecule has 0 spiro atoms. The molecule has 166 valence electrons. The van der Waals surface area contributed by atoms with Crippen LogP contribution in [0.25, 0.3) is 10.9 Å². The SMILES string of the molecule is COc1ccc2nc(C(=O)C34C[C@H]5CC(Nc6ccc(C)c(C#N)c6)C[C@@H](C3)C54)ccc2c1. The Morgan fingerprint density at radius 1 is 1.12 bits per heavy atom. The van der Waals surface area contributed by atoms with Gasteiger partial charge in [-0.15, -0.1) is 0 Å². The molecule has 5 atom stereocenters. The maximum absolute atomic E-state index is 13.5. The number of aromatic nitrogens is 1. The number of nitrogens with one attached hydrogen (secondary N) is 1. The maximum atomic E-state index is 13.5. The Morgan fingerprint density at radius 3 is 2.64 bits per heavy atom. The van der Waals surface area contributed by atoms with Gasteiger partial charge in [-0.3, -0.25) is 4.79 Å². The average Bonchev–Trinajstić information content (AvgIpc) is 2.80. The van der Waals surface area contributed by atoms with E-state index in [4.69, 9.17) is 9.72 Å². The highest BCUT2D eigenvalue weighted by atomic mass is 16.5. The first kappa shape index (κ1) is 20.2. The molecular formula is C28H27N3O2. The lowest BCUT2D eigenvalue weighted by Crippen LogP contribution is -2.68. The normalized spacial score (nSPS) is 29.2. The minimum Gasteiger partial charge on any atom is -0.497 e. The lowest BCUT2D eigenvalue weighted by atomic mass is 9.33. The summed E-state index contributed by atoms with van der Waals surface area (Å²) in [6.07, 6.45) is 4.14. The van der Waals surface area contributed by atoms with E-state index in [1.807, 2.05) is 49.4 Å². The van der Waals surface area contributed by atoms with E-state index in [9.17, 15) is 10.1 Å². The highest BCUT2D eigenvalue weighted by molar-refractivity contribution is 6.02. The highest BCUT2D eigenvalue weighted by Crippen LogP contribution is 2.72. The van der Waals surface area contributed by atoms with E-state index < -0.39 is 0 Å². The number of ether oxygens (including phenoxy) is 1. The van der Waals surface area contributed by atoms with Crippen LogP contribution in [0.2, 0.25) is 0 Å². The van der Waals surface area contributed by atoms with Crippen molar-refractivity contribution in [2.24, 2.45) is 23.2 Å². The van der Waals surface area contributed by atoms with Crippen molar-refractivity contribution in [1.29, 1.82) is 5.26 Å². The Kier molecular flexibility index (Phi) is 4.48. The minimum atomic E-state index is -0.189. The standard InChI is InChI=1S/C28H27N3O2/c1-16-3-5-21(11-20(16)15-29)30-22-9-18-13-28(14-19(10-22)26(18)28)27(32)25-7-4-17-12-23(33-2)6-8-24(17)31-25/h3-8,11-12,18-19,22,26,30H,9-10,13-14H2,1-2H3/t18-,19+,22?,26?,28?. The van der Waals surface area contributed by atoms with Gasteiger partial charge in [0.15, 0.2) is 5.78 Å². The quantitative estimate of drug-likeness (QED) is 0.532. The van der Waals surface area contributed by atoms with E-state index in [1.165, 1.54) is 0 Å². The summed E-state index contributed by atoms with van der Waals surface area (Å²) in [7, 11) is 1.65. The third kappa shape index (κ3) is 3.04. The predicted molar refractivity (Wildman–Crippen MR) is 127 cm³/mol. The number of carbonyl (C=O) groups is 1. The fraction of sp³-hybridized carbons (Fsp3) is 0.393. The molecule has 0 aliphatic heterocycles. The zero-order valence-electron chi connectivity index (χ0n) is 19.0. The molecule has 6 rings (SSSR count). The van der Waals surface area contributed by atoms with Crippen LogP contribution in [-0.4, -0.2) is 23.9 Å². The molecule has 1 N–H and O–H groups in total. The lowest BCUT2D eigenvalue weighted by Gasteiger charge is -2.70. The smallest absolute Gasteiger partial charge is 0.187 e. The molecule has 3 aromatic rings. The molecule has 1 heterocycles. The van der Waals surface area contributed by atoms with Gasteiger partial charge in [-0.2, -0.15) is 5.26 Å². The highest BCUT2D eigenvalue weighted by Gasteiger charge is 2.70. The number of nitrogens with zero attached hydrogens (tertiary/aromatic N) is 2. The van der Waals surface area contributed by atoms with Gasteiger partial charge < -0.3 is 10.1 Å². The third-order valence-electron chi connectivity index (χ3n) is 8.39. The Balaban J connectivity index is 1.16. The van der Waals surface area contributed by atoms with Crippen LogP contribution in [0.4, 0.5) is 5.69 Å². The molecule has 0 saturated heterocycles. The zero-order chi connectivity index (χ0) is 22.7. The number of aryl methyl sites for hydroxylation is 1. The maximum Gasteiger partial charge on any atom is 0.187 e. The molecule has 0 amide bonds. The van der Waals surface area contributed by atoms with Gasteiger partial charge in [0.1, 0.15) is 11.4 Å². The molecule has 3 saturated carbocycles. The number of nitriles is 1. The van der Waals surface area contributed by atoms with Gasteiger partial charge in [-0.1, -0.05) is 12.1 Å². The number of fused-ring (bicyclic) bond motifs is 1. The Hall–Kier alpha value is -3.39. The molecule has 2 aromatic carbocycles. The number of pyridine rings is 1. The van der Waals surface area contributed by atoms with Crippen molar-refractivity contribution in [3.63, 3.8) is 0 Å². The lowest BCUT2D eigenvalue weighted by molar-refractivity contribution is -0.177. The summed E-state index contributed by atoms with van der Waals surface area (Å²) in [6.45, 7) is 1.97. The summed E-state index contributed by atoms with van der Waals surface area (Å²) < 4.78 is 5.30. The fourth-order valence-electron chi connectivity index (χ4n) is 6.93. The molecular weight excluding hydrogens is 410 g/mol. The topological polar surface area (TPSA) is 75.0 Å². The van der Waals surface area contributed by atoms with Crippen molar-refractivity contribution in [3.05, 3.63) is 65.4 Å². The molecule has 5 heteroatoms. The number of Topliss-reactive ketones (excluding diaryl/α,β-unsaturated/α-hetero) is 1. The van der Waals surface area contributed by atoms with Gasteiger partial charge in [-0.25, -0.2) is 4.98 Å². The molecule has 3 fully saturated rings. The van der Waals surface area contributed by atoms with E-state index in [0.717, 1.165) is 59.2 Å². The molecule has 5 nitrogen and oxygen atoms in total. The largest absolute Gasteiger partial charge is 0.497 e. The Labute approximate surface area is 193 Å². The van der Waals surface area contributed by atoms with Crippen molar-refractivity contribution in [1.82, 2.24) is 4.98 Å². The predicted octanol–water partition coefficient (Wildman–Crippen LogP) is 5.52. The van der Waals surface area contributed by atoms with Gasteiger partial charge >= 0.3 is 0 Å². The van der Waals surface area contributed by atoms with Gasteiger partial charge in [0.05, 0.1) is 24.3 Å². The second-order valence-electron chi connectivity index (χ2n) is 10.1. The van der Waals surface area contributed by atoms with Gasteiger partial charge in [0, 0.05) is 22.5 Å². The molecule has 3 aliphatic rings. The summed E-state index contributed by atoms with van der Waals surface area (Å²) in [5, 5.41) is 14.0. The van der Waals surface area contributed by atoms with Crippen molar-refractivity contribution >= 4 is 22.4 Å². The van der Waals surface area contributed by atoms with Crippen LogP contribution in [0.1, 0.15) is 47.3 Å². The molecule has 33 heavy (non-hydrogen) atoms. The van der Waals surface area contributed by atoms with Crippen LogP contribution in [0.15, 0.2) is 48.5 Å². The number of hydrogen-bond acceptors (Lipinski definition) is 5. The monoisotopic (exact) mass is 437 g/mol. The van der Waals surface area contributed by atoms with Crippen LogP contribution in [-0.2, 0) is 0 Å². The van der Waals surface area contributed by atoms with E-state index >= 15 is 0 Å². The van der Waals surface area contributed by atoms with Crippen LogP contribution < -0.4 is 10.1 Å². The van der Waals surface area contributed by atoms with Gasteiger partial charge in [0.25, 0.3) is 0 Å². The van der Waals surface area contributed by atoms with Crippen LogP contribution >= 0.6 is 0 Å². The zero-order valence-corrected chi connectivity index (χ0v) is 19.0. The first-order valence-corrected chi connectivity index (χ1v) is 11.8. The molecule has 0 bridgehead atoms. The second kappa shape index (κ2) is 7.31. The van der Waals surface area contributed by atoms with Crippen molar-refractivity contribution in [2.45, 2.75) is 38.6 Å². The summed E-state index contributed by atoms with van der Waals surface area (Å²) in [4.78, 5) is 18.3. The third-order valence-corrected chi connectivity index (χ3v) is 8.39. The number of anilines is 1. The van der Waals surface area contributed by atoms with Crippen molar-refractivity contribution in [3.8, 4) is 11.8 Å². The van der Waals surface area contributed by atoms with E-state index in [0.29, 0.717) is 29.5 Å². The van der Waals surface area contributed by atoms with Crippen molar-refractivity contribution in [2.75, 3.05) is 12.4 Å². The van der Waals surface area contributed by atoms with Gasteiger partial charge in [0.2, 0.25) is 0 Å². The van der Waals surface area contributed by atoms with Crippen molar-refractivity contribution < 1.29 is 9.53 Å². The number of rotatable bonds is 5. The minimum absolute atomic E-state index is 0.189. The van der Waals surface area contributed by atoms with E-state index in [2.05, 4.69) is 17.5 Å². The molecule has 1 aromatic heterocycles. The summed E-state index contributed by atoms with van der Waals surface area (Å²) in [6, 6.07) is 18.4. The summed E-state index contributed by atoms with van der Waals surface area (Å²) in [5.74, 6) is 2.74. The Morgan fingerprint density at radius 2 is 1.91 bits per heavy atom. The van der Waals surface area contributed by atoms with E-state index in [-0.39, 0.29) is 11.2 Å². The fourth-order valence-corrected chi connectivity index (χ4v) is 6.93. The molecule has 3 unspecified atom stereocenters. The first-order valence-electron chi connectivity index (χ1n) is 11.8. The number of hydrogen-bond donors (Lipinski definition) is 1. The second-order valence-corrected chi connectivity index (χ2v) is 10.1. The Bertz CT molecular complexity index is 1310. The van der Waals surface area contributed by atoms with Crippen LogP contribution in [0, 0.1) is 41.4 Å². The number of ketones is 1. The van der Waals surface area contributed by atoms with E-state index in [1.54, 1.807) is 7.11 Å². The average molecular weight is 438 g/mol. The summed E-state index contributed by atoms with van der Waals surface area (Å²) in [5.41, 5.74) is 4.02. The van der Waals surface area contributed by atoms with Gasteiger partial charge in [-0.05, 0) is 92.3 Å². The van der Waals surface area contributed by atoms with Crippen LogP contribution in [0.5, 0.6) is 5.75 Å². The number of benzene rings is 2. The number of carbonyl (C=O) groups excluding carboxylic acids is 1.